The summed E-state index contributed by atoms with van der Waals surface area (Å²) in [6.45, 7) is 2.23. The average Bonchev–Trinajstić information content (AvgIpc) is 3.16. The van der Waals surface area contributed by atoms with Gasteiger partial charge in [0.2, 0.25) is 0 Å². The molecular formula is C21H22FN3O3. The molecule has 0 aliphatic carbocycles. The lowest BCUT2D eigenvalue weighted by Gasteiger charge is -2.12. The standard InChI is InChI=1S/C21H22FN3O3/c1-4-19-18(13-24-25(19)16-7-5-15(22)6-8-16)21(26)23-12-14-11-17(27-2)9-10-20(14)28-3/h5-11,13H,4,12H2,1-3H3,(H,23,26). The summed E-state index contributed by atoms with van der Waals surface area (Å²) in [5, 5.41) is 7.21. The number of benzene rings is 2. The van der Waals surface area contributed by atoms with Crippen molar-refractivity contribution in [3.63, 3.8) is 0 Å². The van der Waals surface area contributed by atoms with Crippen molar-refractivity contribution in [3.05, 3.63) is 71.3 Å². The van der Waals surface area contributed by atoms with Crippen molar-refractivity contribution < 1.29 is 18.7 Å². The molecule has 0 atom stereocenters. The molecule has 0 saturated heterocycles. The minimum absolute atomic E-state index is 0.241. The summed E-state index contributed by atoms with van der Waals surface area (Å²) in [6, 6.07) is 11.4. The van der Waals surface area contributed by atoms with E-state index in [0.717, 1.165) is 11.3 Å². The molecule has 3 rings (SSSR count). The number of hydrogen-bond acceptors (Lipinski definition) is 4. The molecule has 1 aromatic heterocycles. The van der Waals surface area contributed by atoms with Crippen LogP contribution in [0.2, 0.25) is 0 Å². The first kappa shape index (κ1) is 19.4. The lowest BCUT2D eigenvalue weighted by atomic mass is 10.1. The zero-order chi connectivity index (χ0) is 20.1. The van der Waals surface area contributed by atoms with Crippen LogP contribution in [0.15, 0.2) is 48.7 Å². The number of amides is 1. The van der Waals surface area contributed by atoms with E-state index in [1.54, 1.807) is 43.2 Å². The molecular weight excluding hydrogens is 361 g/mol. The Balaban J connectivity index is 1.81. The van der Waals surface area contributed by atoms with Gasteiger partial charge in [0.25, 0.3) is 5.91 Å². The van der Waals surface area contributed by atoms with Crippen molar-refractivity contribution in [2.75, 3.05) is 14.2 Å². The predicted molar refractivity (Wildman–Crippen MR) is 104 cm³/mol. The van der Waals surface area contributed by atoms with Gasteiger partial charge in [-0.1, -0.05) is 6.92 Å². The van der Waals surface area contributed by atoms with E-state index in [1.807, 2.05) is 13.0 Å². The molecule has 1 amide bonds. The number of ether oxygens (including phenoxy) is 2. The van der Waals surface area contributed by atoms with Crippen molar-refractivity contribution >= 4 is 5.91 Å². The van der Waals surface area contributed by atoms with E-state index in [1.165, 1.54) is 18.3 Å². The maximum Gasteiger partial charge on any atom is 0.255 e. The van der Waals surface area contributed by atoms with Gasteiger partial charge in [-0.2, -0.15) is 5.10 Å². The monoisotopic (exact) mass is 383 g/mol. The van der Waals surface area contributed by atoms with Gasteiger partial charge in [0.15, 0.2) is 0 Å². The van der Waals surface area contributed by atoms with Crippen molar-refractivity contribution in [2.45, 2.75) is 19.9 Å². The molecule has 1 N–H and O–H groups in total. The number of nitrogens with one attached hydrogen (secondary N) is 1. The normalized spacial score (nSPS) is 10.6. The second-order valence-electron chi connectivity index (χ2n) is 6.11. The molecule has 0 aliphatic rings. The SMILES string of the molecule is CCc1c(C(=O)NCc2cc(OC)ccc2OC)cnn1-c1ccc(F)cc1. The Kier molecular flexibility index (Phi) is 5.93. The smallest absolute Gasteiger partial charge is 0.255 e. The molecule has 7 heteroatoms. The molecule has 146 valence electrons. The molecule has 0 unspecified atom stereocenters. The highest BCUT2D eigenvalue weighted by atomic mass is 19.1. The zero-order valence-electron chi connectivity index (χ0n) is 16.0. The first-order valence-electron chi connectivity index (χ1n) is 8.89. The number of carbonyl (C=O) groups excluding carboxylic acids is 1. The molecule has 0 radical (unpaired) electrons. The summed E-state index contributed by atoms with van der Waals surface area (Å²) >= 11 is 0. The molecule has 0 spiro atoms. The highest BCUT2D eigenvalue weighted by Crippen LogP contribution is 2.24. The van der Waals surface area contributed by atoms with Crippen LogP contribution in [0.4, 0.5) is 4.39 Å². The van der Waals surface area contributed by atoms with Crippen LogP contribution in [0.5, 0.6) is 11.5 Å². The number of aromatic nitrogens is 2. The highest BCUT2D eigenvalue weighted by molar-refractivity contribution is 5.95. The van der Waals surface area contributed by atoms with E-state index < -0.39 is 0 Å². The van der Waals surface area contributed by atoms with E-state index in [0.29, 0.717) is 29.2 Å². The molecule has 6 nitrogen and oxygen atoms in total. The lowest BCUT2D eigenvalue weighted by Crippen LogP contribution is -2.24. The Morgan fingerprint density at radius 1 is 1.14 bits per heavy atom. The number of halogens is 1. The quantitative estimate of drug-likeness (QED) is 0.678. The van der Waals surface area contributed by atoms with Gasteiger partial charge in [0.1, 0.15) is 17.3 Å². The van der Waals surface area contributed by atoms with Gasteiger partial charge >= 0.3 is 0 Å². The minimum atomic E-state index is -0.320. The van der Waals surface area contributed by atoms with Crippen LogP contribution in [0.3, 0.4) is 0 Å². The third kappa shape index (κ3) is 3.98. The fraction of sp³-hybridized carbons (Fsp3) is 0.238. The molecule has 3 aromatic rings. The zero-order valence-corrected chi connectivity index (χ0v) is 16.0. The number of nitrogens with zero attached hydrogens (tertiary/aromatic N) is 2. The second-order valence-corrected chi connectivity index (χ2v) is 6.11. The van der Waals surface area contributed by atoms with Crippen LogP contribution >= 0.6 is 0 Å². The molecule has 0 aliphatic heterocycles. The van der Waals surface area contributed by atoms with E-state index >= 15 is 0 Å². The first-order chi connectivity index (χ1) is 13.6. The van der Waals surface area contributed by atoms with Gasteiger partial charge in [-0.15, -0.1) is 0 Å². The van der Waals surface area contributed by atoms with Crippen molar-refractivity contribution in [2.24, 2.45) is 0 Å². The van der Waals surface area contributed by atoms with Crippen LogP contribution in [-0.2, 0) is 13.0 Å². The van der Waals surface area contributed by atoms with E-state index in [2.05, 4.69) is 10.4 Å². The average molecular weight is 383 g/mol. The topological polar surface area (TPSA) is 65.4 Å². The summed E-state index contributed by atoms with van der Waals surface area (Å²) in [4.78, 5) is 12.8. The summed E-state index contributed by atoms with van der Waals surface area (Å²) < 4.78 is 25.4. The third-order valence-corrected chi connectivity index (χ3v) is 4.45. The summed E-state index contributed by atoms with van der Waals surface area (Å²) in [6.07, 6.45) is 2.13. The molecule has 28 heavy (non-hydrogen) atoms. The second kappa shape index (κ2) is 8.56. The summed E-state index contributed by atoms with van der Waals surface area (Å²) in [7, 11) is 3.16. The van der Waals surface area contributed by atoms with E-state index in [-0.39, 0.29) is 18.3 Å². The molecule has 0 saturated carbocycles. The predicted octanol–water partition coefficient (Wildman–Crippen LogP) is 3.52. The van der Waals surface area contributed by atoms with Gasteiger partial charge < -0.3 is 14.8 Å². The van der Waals surface area contributed by atoms with Gasteiger partial charge in [-0.3, -0.25) is 4.79 Å². The molecule has 0 fully saturated rings. The Labute approximate surface area is 162 Å². The van der Waals surface area contributed by atoms with Gasteiger partial charge in [-0.05, 0) is 48.9 Å². The van der Waals surface area contributed by atoms with Gasteiger partial charge in [0, 0.05) is 12.1 Å². The largest absolute Gasteiger partial charge is 0.497 e. The number of carbonyl (C=O) groups is 1. The Morgan fingerprint density at radius 2 is 1.89 bits per heavy atom. The Hall–Kier alpha value is -3.35. The van der Waals surface area contributed by atoms with Crippen molar-refractivity contribution in [1.29, 1.82) is 0 Å². The van der Waals surface area contributed by atoms with Crippen LogP contribution in [-0.4, -0.2) is 29.9 Å². The van der Waals surface area contributed by atoms with Crippen LogP contribution in [0.25, 0.3) is 5.69 Å². The maximum absolute atomic E-state index is 13.2. The Morgan fingerprint density at radius 3 is 2.54 bits per heavy atom. The highest BCUT2D eigenvalue weighted by Gasteiger charge is 2.17. The number of rotatable bonds is 7. The van der Waals surface area contributed by atoms with Crippen LogP contribution in [0.1, 0.15) is 28.5 Å². The van der Waals surface area contributed by atoms with Crippen molar-refractivity contribution in [3.8, 4) is 17.2 Å². The fourth-order valence-corrected chi connectivity index (χ4v) is 3.00. The maximum atomic E-state index is 13.2. The van der Waals surface area contributed by atoms with E-state index in [9.17, 15) is 9.18 Å². The van der Waals surface area contributed by atoms with Crippen molar-refractivity contribution in [1.82, 2.24) is 15.1 Å². The first-order valence-corrected chi connectivity index (χ1v) is 8.89. The molecule has 2 aromatic carbocycles. The third-order valence-electron chi connectivity index (χ3n) is 4.45. The molecule has 1 heterocycles. The minimum Gasteiger partial charge on any atom is -0.497 e. The lowest BCUT2D eigenvalue weighted by molar-refractivity contribution is 0.0949. The Bertz CT molecular complexity index is 968. The summed E-state index contributed by atoms with van der Waals surface area (Å²) in [5.74, 6) is 0.788. The number of methoxy groups -OCH3 is 2. The van der Waals surface area contributed by atoms with Crippen LogP contribution < -0.4 is 14.8 Å². The summed E-state index contributed by atoms with van der Waals surface area (Å²) in [5.41, 5.74) is 2.74. The fourth-order valence-electron chi connectivity index (χ4n) is 3.00. The van der Waals surface area contributed by atoms with Gasteiger partial charge in [-0.25, -0.2) is 9.07 Å². The van der Waals surface area contributed by atoms with E-state index in [4.69, 9.17) is 9.47 Å². The van der Waals surface area contributed by atoms with Crippen LogP contribution in [0, 0.1) is 5.82 Å². The molecule has 0 bridgehead atoms. The van der Waals surface area contributed by atoms with Gasteiger partial charge in [0.05, 0.1) is 37.4 Å². The number of hydrogen-bond donors (Lipinski definition) is 1.